The van der Waals surface area contributed by atoms with Crippen molar-refractivity contribution in [3.63, 3.8) is 0 Å². The zero-order valence-electron chi connectivity index (χ0n) is 18.3. The van der Waals surface area contributed by atoms with Gasteiger partial charge >= 0.3 is 0 Å². The fourth-order valence-electron chi connectivity index (χ4n) is 4.22. The van der Waals surface area contributed by atoms with Gasteiger partial charge in [0.2, 0.25) is 11.6 Å². The van der Waals surface area contributed by atoms with E-state index in [1.807, 2.05) is 45.2 Å². The van der Waals surface area contributed by atoms with Crippen molar-refractivity contribution in [1.82, 2.24) is 19.7 Å². The van der Waals surface area contributed by atoms with E-state index in [-0.39, 0.29) is 11.6 Å². The first-order valence-corrected chi connectivity index (χ1v) is 11.4. The monoisotopic (exact) mass is 436 g/mol. The van der Waals surface area contributed by atoms with Crippen molar-refractivity contribution in [3.05, 3.63) is 90.0 Å². The number of hydrogen-bond acceptors (Lipinski definition) is 6. The zero-order valence-corrected chi connectivity index (χ0v) is 18.3. The quantitative estimate of drug-likeness (QED) is 0.463. The summed E-state index contributed by atoms with van der Waals surface area (Å²) in [5, 5.41) is 2.44. The molecule has 0 N–H and O–H groups in total. The van der Waals surface area contributed by atoms with Crippen molar-refractivity contribution in [1.29, 1.82) is 0 Å². The Balaban J connectivity index is 0.000000125. The van der Waals surface area contributed by atoms with Gasteiger partial charge in [-0.2, -0.15) is 0 Å². The minimum atomic E-state index is 0.00546. The van der Waals surface area contributed by atoms with E-state index < -0.39 is 0 Å². The molecule has 0 saturated carbocycles. The standard InChI is InChI=1S/C15H11N.C12H13N3O2/c1-2-7-13(8-3-1)15-14-9-5-4-6-12(14)10-11-16-15;16-9-7-8(13-1-2-13)12(17)11(15-5-6-15)10(9)14-3-4-14/h1-11H;7H,1-6H2. The van der Waals surface area contributed by atoms with E-state index in [2.05, 4.69) is 41.4 Å². The molecule has 0 atom stereocenters. The van der Waals surface area contributed by atoms with Crippen molar-refractivity contribution in [2.75, 3.05) is 39.3 Å². The van der Waals surface area contributed by atoms with Gasteiger partial charge in [0.15, 0.2) is 0 Å². The predicted octanol–water partition coefficient (Wildman–Crippen LogP) is 3.08. The normalized spacial score (nSPS) is 18.8. The molecule has 3 aliphatic heterocycles. The Labute approximate surface area is 192 Å². The van der Waals surface area contributed by atoms with Gasteiger partial charge in [-0.15, -0.1) is 0 Å². The smallest absolute Gasteiger partial charge is 0.227 e. The molecule has 4 aliphatic rings. The molecule has 4 heterocycles. The molecular formula is C27H24N4O2. The second-order valence-corrected chi connectivity index (χ2v) is 8.63. The summed E-state index contributed by atoms with van der Waals surface area (Å²) in [7, 11) is 0. The lowest BCUT2D eigenvalue weighted by atomic mass is 10.0. The van der Waals surface area contributed by atoms with Crippen LogP contribution in [-0.2, 0) is 9.59 Å². The van der Waals surface area contributed by atoms with Gasteiger partial charge in [0, 0.05) is 62.5 Å². The van der Waals surface area contributed by atoms with Crippen molar-refractivity contribution in [3.8, 4) is 11.3 Å². The Morgan fingerprint density at radius 2 is 1.30 bits per heavy atom. The van der Waals surface area contributed by atoms with Crippen LogP contribution in [0.5, 0.6) is 0 Å². The van der Waals surface area contributed by atoms with E-state index in [1.165, 1.54) is 22.4 Å². The highest BCUT2D eigenvalue weighted by Crippen LogP contribution is 2.34. The molecular weight excluding hydrogens is 412 g/mol. The number of carbonyl (C=O) groups is 2. The number of rotatable bonds is 4. The van der Waals surface area contributed by atoms with E-state index >= 15 is 0 Å². The molecule has 0 radical (unpaired) electrons. The third-order valence-electron chi connectivity index (χ3n) is 6.21. The van der Waals surface area contributed by atoms with Gasteiger partial charge in [-0.05, 0) is 11.5 Å². The topological polar surface area (TPSA) is 56.1 Å². The summed E-state index contributed by atoms with van der Waals surface area (Å²) in [6, 6.07) is 20.7. The Kier molecular flexibility index (Phi) is 4.72. The second kappa shape index (κ2) is 7.89. The van der Waals surface area contributed by atoms with E-state index in [0.717, 1.165) is 45.0 Å². The van der Waals surface area contributed by atoms with Crippen LogP contribution in [0.2, 0.25) is 0 Å². The Hall–Kier alpha value is -3.93. The Bertz CT molecular complexity index is 1310. The second-order valence-electron chi connectivity index (χ2n) is 8.63. The Morgan fingerprint density at radius 1 is 0.667 bits per heavy atom. The van der Waals surface area contributed by atoms with Gasteiger partial charge in [0.1, 0.15) is 11.4 Å². The maximum absolute atomic E-state index is 12.4. The lowest BCUT2D eigenvalue weighted by Crippen LogP contribution is -2.29. The van der Waals surface area contributed by atoms with Crippen molar-refractivity contribution >= 4 is 22.3 Å². The highest BCUT2D eigenvalue weighted by atomic mass is 16.1. The molecule has 0 bridgehead atoms. The molecule has 2 aromatic carbocycles. The van der Waals surface area contributed by atoms with Gasteiger partial charge in [0.05, 0.1) is 11.4 Å². The highest BCUT2D eigenvalue weighted by Gasteiger charge is 2.43. The van der Waals surface area contributed by atoms with Gasteiger partial charge in [-0.1, -0.05) is 54.6 Å². The maximum Gasteiger partial charge on any atom is 0.227 e. The van der Waals surface area contributed by atoms with E-state index in [1.54, 1.807) is 0 Å². The van der Waals surface area contributed by atoms with Gasteiger partial charge in [-0.3, -0.25) is 14.6 Å². The summed E-state index contributed by atoms with van der Waals surface area (Å²) in [6.07, 6.45) is 3.39. The van der Waals surface area contributed by atoms with Crippen LogP contribution in [-0.4, -0.2) is 70.5 Å². The molecule has 3 fully saturated rings. The van der Waals surface area contributed by atoms with Crippen LogP contribution in [0.25, 0.3) is 22.0 Å². The number of benzene rings is 2. The number of Topliss-reactive ketones (excluding diaryl/α,β-unsaturated/α-hetero) is 1. The summed E-state index contributed by atoms with van der Waals surface area (Å²) in [5.41, 5.74) is 4.11. The summed E-state index contributed by atoms with van der Waals surface area (Å²) in [6.45, 7) is 5.41. The Morgan fingerprint density at radius 3 is 2.00 bits per heavy atom. The van der Waals surface area contributed by atoms with Crippen molar-refractivity contribution in [2.24, 2.45) is 0 Å². The number of fused-ring (bicyclic) bond motifs is 1. The van der Waals surface area contributed by atoms with Crippen molar-refractivity contribution in [2.45, 2.75) is 0 Å². The molecule has 0 unspecified atom stereocenters. The van der Waals surface area contributed by atoms with E-state index in [4.69, 9.17) is 0 Å². The minimum absolute atomic E-state index is 0.00546. The first-order valence-electron chi connectivity index (χ1n) is 11.4. The molecule has 6 nitrogen and oxygen atoms in total. The fourth-order valence-corrected chi connectivity index (χ4v) is 4.22. The minimum Gasteiger partial charge on any atom is -0.365 e. The molecule has 164 valence electrons. The average molecular weight is 437 g/mol. The maximum atomic E-state index is 12.4. The average Bonchev–Trinajstić information content (AvgIpc) is 3.71. The summed E-state index contributed by atoms with van der Waals surface area (Å²) in [4.78, 5) is 34.9. The number of aromatic nitrogens is 1. The summed E-state index contributed by atoms with van der Waals surface area (Å²) >= 11 is 0. The highest BCUT2D eigenvalue weighted by molar-refractivity contribution is 6.22. The van der Waals surface area contributed by atoms with Gasteiger partial charge in [0.25, 0.3) is 0 Å². The first-order chi connectivity index (χ1) is 16.2. The summed E-state index contributed by atoms with van der Waals surface area (Å²) < 4.78 is 0. The number of nitrogens with zero attached hydrogens (tertiary/aromatic N) is 4. The van der Waals surface area contributed by atoms with E-state index in [0.29, 0.717) is 17.1 Å². The zero-order chi connectivity index (χ0) is 22.4. The number of ketones is 2. The fraction of sp³-hybridized carbons (Fsp3) is 0.222. The lowest BCUT2D eigenvalue weighted by molar-refractivity contribution is -0.117. The third kappa shape index (κ3) is 3.89. The number of pyridine rings is 1. The molecule has 7 rings (SSSR count). The molecule has 3 saturated heterocycles. The summed E-state index contributed by atoms with van der Waals surface area (Å²) in [5.74, 6) is 0.0485. The van der Waals surface area contributed by atoms with Crippen LogP contribution in [0.1, 0.15) is 0 Å². The number of allylic oxidation sites excluding steroid dienone is 1. The molecule has 33 heavy (non-hydrogen) atoms. The van der Waals surface area contributed by atoms with Crippen LogP contribution in [0.15, 0.2) is 90.0 Å². The lowest BCUT2D eigenvalue weighted by Gasteiger charge is -2.21. The first kappa shape index (κ1) is 19.7. The molecule has 0 amide bonds. The SMILES string of the molecule is O=C1C=C(N2CC2)C(=O)C(N2CC2)=C1N1CC1.c1ccc(-c2nccc3ccccc23)cc1. The largest absolute Gasteiger partial charge is 0.365 e. The molecule has 0 spiro atoms. The van der Waals surface area contributed by atoms with Crippen LogP contribution in [0.3, 0.4) is 0 Å². The van der Waals surface area contributed by atoms with Gasteiger partial charge in [-0.25, -0.2) is 0 Å². The molecule has 3 aromatic rings. The van der Waals surface area contributed by atoms with Crippen LogP contribution < -0.4 is 0 Å². The van der Waals surface area contributed by atoms with Crippen LogP contribution in [0, 0.1) is 0 Å². The van der Waals surface area contributed by atoms with Crippen LogP contribution >= 0.6 is 0 Å². The number of carbonyl (C=O) groups excluding carboxylic acids is 2. The third-order valence-corrected chi connectivity index (χ3v) is 6.21. The van der Waals surface area contributed by atoms with E-state index in [9.17, 15) is 9.59 Å². The van der Waals surface area contributed by atoms with Gasteiger partial charge < -0.3 is 14.7 Å². The molecule has 6 heteroatoms. The van der Waals surface area contributed by atoms with Crippen LogP contribution in [0.4, 0.5) is 0 Å². The van der Waals surface area contributed by atoms with Crippen molar-refractivity contribution < 1.29 is 9.59 Å². The molecule has 1 aromatic heterocycles. The molecule has 1 aliphatic carbocycles. The number of hydrogen-bond donors (Lipinski definition) is 0. The predicted molar refractivity (Wildman–Crippen MR) is 127 cm³/mol.